The van der Waals surface area contributed by atoms with Crippen LogP contribution in [0.3, 0.4) is 0 Å². The molecule has 1 saturated heterocycles. The Balaban J connectivity index is 2.03. The summed E-state index contributed by atoms with van der Waals surface area (Å²) in [6, 6.07) is 0.427. The van der Waals surface area contributed by atoms with Gasteiger partial charge >= 0.3 is 0 Å². The van der Waals surface area contributed by atoms with Gasteiger partial charge < -0.3 is 10.0 Å². The van der Waals surface area contributed by atoms with Crippen LogP contribution in [0.5, 0.6) is 0 Å². The Kier molecular flexibility index (Phi) is 5.47. The number of nitrogens with zero attached hydrogens (tertiary/aromatic N) is 4. The highest BCUT2D eigenvalue weighted by molar-refractivity contribution is 6.31. The molecule has 1 N–H and O–H groups in total. The lowest BCUT2D eigenvalue weighted by Crippen LogP contribution is -2.45. The van der Waals surface area contributed by atoms with E-state index in [-0.39, 0.29) is 25.1 Å². The van der Waals surface area contributed by atoms with Crippen LogP contribution in [0.4, 0.5) is 0 Å². The molecule has 1 aromatic heterocycles. The minimum absolute atomic E-state index is 0.0645. The second-order valence-electron chi connectivity index (χ2n) is 6.03. The van der Waals surface area contributed by atoms with Gasteiger partial charge in [-0.3, -0.25) is 14.4 Å². The van der Waals surface area contributed by atoms with Crippen molar-refractivity contribution in [2.24, 2.45) is 0 Å². The molecule has 2 heterocycles. The fourth-order valence-electron chi connectivity index (χ4n) is 3.24. The molecule has 0 unspecified atom stereocenters. The van der Waals surface area contributed by atoms with Crippen LogP contribution in [0.25, 0.3) is 0 Å². The van der Waals surface area contributed by atoms with E-state index in [2.05, 4.69) is 16.9 Å². The number of rotatable bonds is 5. The number of aromatic nitrogens is 2. The van der Waals surface area contributed by atoms with Crippen molar-refractivity contribution in [1.29, 1.82) is 0 Å². The van der Waals surface area contributed by atoms with Crippen LogP contribution in [0.2, 0.25) is 5.02 Å². The Morgan fingerprint density at radius 2 is 2.18 bits per heavy atom. The molecule has 22 heavy (non-hydrogen) atoms. The van der Waals surface area contributed by atoms with Gasteiger partial charge in [0, 0.05) is 25.2 Å². The van der Waals surface area contributed by atoms with Gasteiger partial charge in [-0.25, -0.2) is 0 Å². The number of likely N-dealkylation sites (tertiary alicyclic amines) is 1. The van der Waals surface area contributed by atoms with Crippen LogP contribution >= 0.6 is 11.6 Å². The van der Waals surface area contributed by atoms with E-state index in [1.54, 1.807) is 4.68 Å². The molecule has 0 spiro atoms. The Bertz CT molecular complexity index is 546. The molecule has 1 aromatic rings. The fourth-order valence-corrected chi connectivity index (χ4v) is 3.37. The first-order chi connectivity index (χ1) is 10.4. The topological polar surface area (TPSA) is 61.6 Å². The van der Waals surface area contributed by atoms with Crippen LogP contribution in [-0.2, 0) is 11.3 Å². The Hall–Kier alpha value is -1.11. The molecule has 1 aliphatic rings. The molecule has 2 rings (SSSR count). The smallest absolute Gasteiger partial charge is 0.244 e. The van der Waals surface area contributed by atoms with Gasteiger partial charge in [0.05, 0.1) is 23.0 Å². The van der Waals surface area contributed by atoms with E-state index >= 15 is 0 Å². The number of hydrogen-bond donors (Lipinski definition) is 1. The zero-order valence-electron chi connectivity index (χ0n) is 13.7. The van der Waals surface area contributed by atoms with E-state index in [0.717, 1.165) is 24.4 Å². The maximum Gasteiger partial charge on any atom is 0.244 e. The molecule has 0 saturated carbocycles. The quantitative estimate of drug-likeness (QED) is 0.878. The number of hydrogen-bond acceptors (Lipinski definition) is 4. The number of amides is 1. The molecule has 0 radical (unpaired) electrons. The molecule has 0 aromatic carbocycles. The van der Waals surface area contributed by atoms with Gasteiger partial charge in [-0.05, 0) is 34.2 Å². The third kappa shape index (κ3) is 3.29. The number of halogens is 1. The average Bonchev–Trinajstić information content (AvgIpc) is 2.96. The highest BCUT2D eigenvalue weighted by Gasteiger charge is 2.36. The van der Waals surface area contributed by atoms with Gasteiger partial charge in [0.25, 0.3) is 0 Å². The summed E-state index contributed by atoms with van der Waals surface area (Å²) in [4.78, 5) is 16.6. The third-order valence-corrected chi connectivity index (χ3v) is 5.18. The normalized spacial score (nSPS) is 21.9. The lowest BCUT2D eigenvalue weighted by Gasteiger charge is -2.30. The molecule has 0 bridgehead atoms. The van der Waals surface area contributed by atoms with Crippen LogP contribution in [0.15, 0.2) is 0 Å². The first kappa shape index (κ1) is 17.2. The summed E-state index contributed by atoms with van der Waals surface area (Å²) >= 11 is 6.13. The maximum atomic E-state index is 12.6. The molecule has 2 atom stereocenters. The van der Waals surface area contributed by atoms with E-state index in [4.69, 9.17) is 16.7 Å². The van der Waals surface area contributed by atoms with Crippen molar-refractivity contribution >= 4 is 17.5 Å². The lowest BCUT2D eigenvalue weighted by molar-refractivity contribution is -0.133. The number of likely N-dealkylation sites (N-methyl/N-ethyl adjacent to an activating group) is 1. The van der Waals surface area contributed by atoms with Crippen molar-refractivity contribution in [3.05, 3.63) is 16.4 Å². The average molecular weight is 329 g/mol. The van der Waals surface area contributed by atoms with Gasteiger partial charge in [-0.15, -0.1) is 0 Å². The van der Waals surface area contributed by atoms with Gasteiger partial charge in [0.15, 0.2) is 0 Å². The van der Waals surface area contributed by atoms with E-state index in [9.17, 15) is 4.79 Å². The predicted octanol–water partition coefficient (Wildman–Crippen LogP) is 1.07. The zero-order chi connectivity index (χ0) is 16.4. The van der Waals surface area contributed by atoms with Crippen molar-refractivity contribution < 1.29 is 9.90 Å². The van der Waals surface area contributed by atoms with Gasteiger partial charge in [-0.1, -0.05) is 11.6 Å². The largest absolute Gasteiger partial charge is 0.395 e. The standard InChI is InChI=1S/C15H25ClN4O2/c1-10-15(16)12(3)20(17-10)9-14(22)19-6-5-13(11(19)2)18(4)7-8-21/h11,13,21H,5-9H2,1-4H3/t11-,13-/m1/s1. The van der Waals surface area contributed by atoms with E-state index < -0.39 is 0 Å². The number of aliphatic hydroxyl groups excluding tert-OH is 1. The Morgan fingerprint density at radius 1 is 1.50 bits per heavy atom. The monoisotopic (exact) mass is 328 g/mol. The minimum atomic E-state index is 0.0645. The summed E-state index contributed by atoms with van der Waals surface area (Å²) in [5.74, 6) is 0.0645. The van der Waals surface area contributed by atoms with Gasteiger partial charge in [-0.2, -0.15) is 5.10 Å². The number of carbonyl (C=O) groups excluding carboxylic acids is 1. The van der Waals surface area contributed by atoms with Gasteiger partial charge in [0.1, 0.15) is 6.54 Å². The molecule has 7 heteroatoms. The maximum absolute atomic E-state index is 12.6. The Morgan fingerprint density at radius 3 is 2.73 bits per heavy atom. The summed E-state index contributed by atoms with van der Waals surface area (Å²) in [6.45, 7) is 7.52. The summed E-state index contributed by atoms with van der Waals surface area (Å²) in [5.41, 5.74) is 1.58. The van der Waals surface area contributed by atoms with Crippen LogP contribution in [-0.4, -0.2) is 69.4 Å². The van der Waals surface area contributed by atoms with Crippen molar-refractivity contribution in [3.8, 4) is 0 Å². The highest BCUT2D eigenvalue weighted by atomic mass is 35.5. The number of aliphatic hydroxyl groups is 1. The van der Waals surface area contributed by atoms with Crippen molar-refractivity contribution in [3.63, 3.8) is 0 Å². The highest BCUT2D eigenvalue weighted by Crippen LogP contribution is 2.23. The van der Waals surface area contributed by atoms with E-state index in [0.29, 0.717) is 17.6 Å². The number of aryl methyl sites for hydroxylation is 1. The second-order valence-corrected chi connectivity index (χ2v) is 6.41. The van der Waals surface area contributed by atoms with E-state index in [1.165, 1.54) is 0 Å². The Labute approximate surface area is 136 Å². The first-order valence-electron chi connectivity index (χ1n) is 7.66. The van der Waals surface area contributed by atoms with Crippen LogP contribution in [0.1, 0.15) is 24.7 Å². The summed E-state index contributed by atoms with van der Waals surface area (Å²) in [6.07, 6.45) is 0.932. The minimum Gasteiger partial charge on any atom is -0.395 e. The molecule has 0 aliphatic carbocycles. The zero-order valence-corrected chi connectivity index (χ0v) is 14.5. The van der Waals surface area contributed by atoms with Crippen molar-refractivity contribution in [1.82, 2.24) is 19.6 Å². The number of carbonyl (C=O) groups is 1. The molecule has 124 valence electrons. The SMILES string of the molecule is Cc1nn(CC(=O)N2CC[C@@H](N(C)CCO)[C@H]2C)c(C)c1Cl. The summed E-state index contributed by atoms with van der Waals surface area (Å²) in [7, 11) is 1.99. The summed E-state index contributed by atoms with van der Waals surface area (Å²) < 4.78 is 1.68. The van der Waals surface area contributed by atoms with Crippen LogP contribution in [0, 0.1) is 13.8 Å². The molecule has 6 nitrogen and oxygen atoms in total. The van der Waals surface area contributed by atoms with Crippen molar-refractivity contribution in [2.45, 2.75) is 45.8 Å². The molecular formula is C15H25ClN4O2. The van der Waals surface area contributed by atoms with Crippen molar-refractivity contribution in [2.75, 3.05) is 26.7 Å². The molecule has 1 aliphatic heterocycles. The third-order valence-electron chi connectivity index (χ3n) is 4.63. The summed E-state index contributed by atoms with van der Waals surface area (Å²) in [5, 5.41) is 14.0. The molecular weight excluding hydrogens is 304 g/mol. The van der Waals surface area contributed by atoms with E-state index in [1.807, 2.05) is 25.8 Å². The predicted molar refractivity (Wildman–Crippen MR) is 86.0 cm³/mol. The second kappa shape index (κ2) is 6.98. The van der Waals surface area contributed by atoms with Gasteiger partial charge in [0.2, 0.25) is 5.91 Å². The lowest BCUT2D eigenvalue weighted by atomic mass is 10.1. The molecule has 1 fully saturated rings. The fraction of sp³-hybridized carbons (Fsp3) is 0.733. The first-order valence-corrected chi connectivity index (χ1v) is 8.04. The van der Waals surface area contributed by atoms with Crippen LogP contribution < -0.4 is 0 Å². The molecule has 1 amide bonds.